The van der Waals surface area contributed by atoms with Crippen LogP contribution in [0.25, 0.3) is 0 Å². The van der Waals surface area contributed by atoms with Gasteiger partial charge in [-0.25, -0.2) is 4.98 Å². The van der Waals surface area contributed by atoms with E-state index in [-0.39, 0.29) is 0 Å². The van der Waals surface area contributed by atoms with Crippen molar-refractivity contribution >= 4 is 11.3 Å². The molecule has 52 valence electrons. The van der Waals surface area contributed by atoms with Crippen molar-refractivity contribution in [1.82, 2.24) is 4.98 Å². The minimum absolute atomic E-state index is 0.876. The van der Waals surface area contributed by atoms with Gasteiger partial charge >= 0.3 is 0 Å². The molecule has 0 spiro atoms. The number of aromatic nitrogens is 1. The van der Waals surface area contributed by atoms with Crippen molar-refractivity contribution in [2.24, 2.45) is 0 Å². The number of rotatable bonds is 0. The molecule has 10 heavy (non-hydrogen) atoms. The summed E-state index contributed by atoms with van der Waals surface area (Å²) in [5.41, 5.74) is 3.44. The Bertz CT molecular complexity index is 241. The van der Waals surface area contributed by atoms with E-state index in [0.29, 0.717) is 0 Å². The molecule has 0 N–H and O–H groups in total. The zero-order valence-corrected chi connectivity index (χ0v) is 6.53. The number of fused-ring (bicyclic) bond motifs is 4. The van der Waals surface area contributed by atoms with Crippen LogP contribution in [0.4, 0.5) is 0 Å². The Hall–Kier alpha value is -0.370. The van der Waals surface area contributed by atoms with Crippen molar-refractivity contribution in [3.8, 4) is 0 Å². The molecule has 2 unspecified atom stereocenters. The second-order valence-electron chi connectivity index (χ2n) is 3.25. The monoisotopic (exact) mass is 151 g/mol. The first-order valence-electron chi connectivity index (χ1n) is 3.90. The first kappa shape index (κ1) is 5.30. The Kier molecular flexibility index (Phi) is 0.857. The quantitative estimate of drug-likeness (QED) is 0.555. The highest BCUT2D eigenvalue weighted by atomic mass is 32.1. The normalized spacial score (nSPS) is 34.8. The molecule has 2 aliphatic carbocycles. The van der Waals surface area contributed by atoms with Gasteiger partial charge in [0.2, 0.25) is 0 Å². The molecule has 2 atom stereocenters. The highest BCUT2D eigenvalue weighted by Gasteiger charge is 2.43. The molecule has 1 fully saturated rings. The lowest BCUT2D eigenvalue weighted by atomic mass is 9.79. The molecule has 0 saturated heterocycles. The summed E-state index contributed by atoms with van der Waals surface area (Å²) in [7, 11) is 0. The summed E-state index contributed by atoms with van der Waals surface area (Å²) >= 11 is 1.86. The van der Waals surface area contributed by atoms with Gasteiger partial charge in [-0.15, -0.1) is 11.3 Å². The zero-order valence-electron chi connectivity index (χ0n) is 5.71. The van der Waals surface area contributed by atoms with E-state index in [0.717, 1.165) is 11.8 Å². The van der Waals surface area contributed by atoms with Gasteiger partial charge < -0.3 is 0 Å². The van der Waals surface area contributed by atoms with Crippen LogP contribution in [0.1, 0.15) is 41.7 Å². The van der Waals surface area contributed by atoms with Gasteiger partial charge in [-0.1, -0.05) is 6.42 Å². The topological polar surface area (TPSA) is 12.9 Å². The van der Waals surface area contributed by atoms with Crippen LogP contribution in [0, 0.1) is 0 Å². The molecular formula is C8H9NS. The Morgan fingerprint density at radius 3 is 3.30 bits per heavy atom. The molecule has 1 saturated carbocycles. The second kappa shape index (κ2) is 1.62. The van der Waals surface area contributed by atoms with Crippen molar-refractivity contribution in [2.75, 3.05) is 0 Å². The molecule has 0 aliphatic heterocycles. The second-order valence-corrected chi connectivity index (χ2v) is 4.13. The first-order valence-corrected chi connectivity index (χ1v) is 4.78. The smallest absolute Gasteiger partial charge is 0.0797 e. The molecule has 1 aromatic heterocycles. The van der Waals surface area contributed by atoms with E-state index in [2.05, 4.69) is 4.98 Å². The van der Waals surface area contributed by atoms with Crippen molar-refractivity contribution in [2.45, 2.75) is 31.1 Å². The molecule has 0 aromatic carbocycles. The van der Waals surface area contributed by atoms with Gasteiger partial charge in [0.25, 0.3) is 0 Å². The predicted molar refractivity (Wildman–Crippen MR) is 41.4 cm³/mol. The van der Waals surface area contributed by atoms with E-state index in [1.165, 1.54) is 25.0 Å². The zero-order chi connectivity index (χ0) is 6.55. The van der Waals surface area contributed by atoms with E-state index in [9.17, 15) is 0 Å². The molecular weight excluding hydrogens is 142 g/mol. The average molecular weight is 151 g/mol. The Balaban J connectivity index is 2.14. The SMILES string of the molecule is c1nc2c(s1)C1CCCC21. The molecule has 0 amide bonds. The van der Waals surface area contributed by atoms with Crippen molar-refractivity contribution < 1.29 is 0 Å². The van der Waals surface area contributed by atoms with Crippen molar-refractivity contribution in [1.29, 1.82) is 0 Å². The predicted octanol–water partition coefficient (Wildman–Crippen LogP) is 2.51. The fourth-order valence-corrected chi connectivity index (χ4v) is 3.39. The molecule has 2 heteroatoms. The number of nitrogens with zero attached hydrogens (tertiary/aromatic N) is 1. The molecule has 1 aromatic rings. The van der Waals surface area contributed by atoms with E-state index in [1.54, 1.807) is 4.88 Å². The van der Waals surface area contributed by atoms with Crippen LogP contribution >= 0.6 is 11.3 Å². The molecule has 2 aliphatic rings. The van der Waals surface area contributed by atoms with E-state index in [1.807, 2.05) is 16.8 Å². The molecule has 1 heterocycles. The number of hydrogen-bond acceptors (Lipinski definition) is 2. The van der Waals surface area contributed by atoms with Gasteiger partial charge in [0.1, 0.15) is 0 Å². The van der Waals surface area contributed by atoms with Crippen LogP contribution in [0.3, 0.4) is 0 Å². The lowest BCUT2D eigenvalue weighted by Gasteiger charge is -2.28. The maximum absolute atomic E-state index is 4.36. The van der Waals surface area contributed by atoms with Crippen LogP contribution < -0.4 is 0 Å². The van der Waals surface area contributed by atoms with Gasteiger partial charge in [0, 0.05) is 16.7 Å². The summed E-state index contributed by atoms with van der Waals surface area (Å²) in [5.74, 6) is 1.81. The fourth-order valence-electron chi connectivity index (χ4n) is 2.32. The maximum atomic E-state index is 4.36. The first-order chi connectivity index (χ1) is 4.97. The summed E-state index contributed by atoms with van der Waals surface area (Å²) in [4.78, 5) is 5.96. The Labute approximate surface area is 64.1 Å². The van der Waals surface area contributed by atoms with Crippen LogP contribution in [0.15, 0.2) is 5.51 Å². The third-order valence-corrected chi connectivity index (χ3v) is 3.80. The highest BCUT2D eigenvalue weighted by Crippen LogP contribution is 2.57. The Morgan fingerprint density at radius 1 is 1.40 bits per heavy atom. The molecule has 1 nitrogen and oxygen atoms in total. The van der Waals surface area contributed by atoms with Crippen LogP contribution in [-0.4, -0.2) is 4.98 Å². The maximum Gasteiger partial charge on any atom is 0.0797 e. The van der Waals surface area contributed by atoms with Gasteiger partial charge in [0.15, 0.2) is 0 Å². The van der Waals surface area contributed by atoms with Gasteiger partial charge in [-0.3, -0.25) is 0 Å². The third-order valence-electron chi connectivity index (χ3n) is 2.83. The standard InChI is InChI=1S/C8H9NS/c1-2-5-6(3-1)8-7(5)9-4-10-8/h4-6H,1-3H2. The van der Waals surface area contributed by atoms with Gasteiger partial charge in [-0.05, 0) is 12.8 Å². The molecule has 3 rings (SSSR count). The molecule has 0 radical (unpaired) electrons. The number of hydrogen-bond donors (Lipinski definition) is 0. The van der Waals surface area contributed by atoms with Crippen molar-refractivity contribution in [3.05, 3.63) is 16.1 Å². The largest absolute Gasteiger partial charge is 0.249 e. The summed E-state index contributed by atoms with van der Waals surface area (Å²) < 4.78 is 0. The summed E-state index contributed by atoms with van der Waals surface area (Å²) in [6, 6.07) is 0. The van der Waals surface area contributed by atoms with E-state index >= 15 is 0 Å². The average Bonchev–Trinajstić information content (AvgIpc) is 2.42. The van der Waals surface area contributed by atoms with Crippen LogP contribution in [0.5, 0.6) is 0 Å². The van der Waals surface area contributed by atoms with Crippen LogP contribution in [-0.2, 0) is 0 Å². The highest BCUT2D eigenvalue weighted by molar-refractivity contribution is 7.10. The summed E-state index contributed by atoms with van der Waals surface area (Å²) in [6.45, 7) is 0. The summed E-state index contributed by atoms with van der Waals surface area (Å²) in [6.07, 6.45) is 4.26. The van der Waals surface area contributed by atoms with E-state index in [4.69, 9.17) is 0 Å². The van der Waals surface area contributed by atoms with Crippen LogP contribution in [0.2, 0.25) is 0 Å². The number of thiazole rings is 1. The van der Waals surface area contributed by atoms with Crippen molar-refractivity contribution in [3.63, 3.8) is 0 Å². The third kappa shape index (κ3) is 0.439. The Morgan fingerprint density at radius 2 is 2.30 bits per heavy atom. The lowest BCUT2D eigenvalue weighted by molar-refractivity contribution is 0.540. The minimum atomic E-state index is 0.876. The van der Waals surface area contributed by atoms with Gasteiger partial charge in [-0.2, -0.15) is 0 Å². The summed E-state index contributed by atoms with van der Waals surface area (Å²) in [5, 5.41) is 0. The molecule has 0 bridgehead atoms. The lowest BCUT2D eigenvalue weighted by Crippen LogP contribution is -2.16. The fraction of sp³-hybridized carbons (Fsp3) is 0.625. The van der Waals surface area contributed by atoms with Gasteiger partial charge in [0.05, 0.1) is 11.2 Å². The van der Waals surface area contributed by atoms with E-state index < -0.39 is 0 Å². The minimum Gasteiger partial charge on any atom is -0.249 e.